The summed E-state index contributed by atoms with van der Waals surface area (Å²) in [4.78, 5) is 18.7. The molecule has 0 aliphatic heterocycles. The highest BCUT2D eigenvalue weighted by molar-refractivity contribution is 6.30. The molecule has 0 aliphatic rings. The summed E-state index contributed by atoms with van der Waals surface area (Å²) in [6, 6.07) is 12.6. The van der Waals surface area contributed by atoms with Crippen LogP contribution < -0.4 is 0 Å². The number of fused-ring (bicyclic) bond motifs is 1. The first kappa shape index (κ1) is 25.6. The van der Waals surface area contributed by atoms with Crippen molar-refractivity contribution in [2.75, 3.05) is 19.6 Å². The molecule has 1 aromatic heterocycles. The molecule has 1 heterocycles. The summed E-state index contributed by atoms with van der Waals surface area (Å²) in [5.41, 5.74) is 2.72. The molecule has 0 aliphatic carbocycles. The molecule has 32 heavy (non-hydrogen) atoms. The summed E-state index contributed by atoms with van der Waals surface area (Å²) in [6.45, 7) is 14.2. The van der Waals surface area contributed by atoms with E-state index >= 15 is 0 Å². The Kier molecular flexibility index (Phi) is 9.48. The van der Waals surface area contributed by atoms with E-state index in [0.717, 1.165) is 11.1 Å². The lowest BCUT2D eigenvalue weighted by Gasteiger charge is -2.15. The first-order valence-electron chi connectivity index (χ1n) is 11.1. The van der Waals surface area contributed by atoms with Crippen molar-refractivity contribution in [2.24, 2.45) is 0 Å². The molecule has 0 saturated heterocycles. The van der Waals surface area contributed by atoms with Crippen LogP contribution in [0.4, 0.5) is 0 Å². The van der Waals surface area contributed by atoms with Crippen LogP contribution in [0.5, 0.6) is 5.75 Å². The number of aromatic carboxylic acids is 1. The van der Waals surface area contributed by atoms with Crippen molar-refractivity contribution >= 4 is 28.5 Å². The van der Waals surface area contributed by atoms with Gasteiger partial charge in [0.15, 0.2) is 5.75 Å². The summed E-state index contributed by atoms with van der Waals surface area (Å²) in [5.74, 6) is -1.26. The molecule has 172 valence electrons. The normalized spacial score (nSPS) is 11.0. The second kappa shape index (κ2) is 11.8. The Morgan fingerprint density at radius 2 is 1.62 bits per heavy atom. The van der Waals surface area contributed by atoms with E-state index < -0.39 is 5.97 Å². The molecule has 0 saturated carbocycles. The monoisotopic (exact) mass is 456 g/mol. The molecule has 3 aromatic rings. The number of carboxylic acid groups (broad SMARTS) is 1. The minimum absolute atomic E-state index is 0.100. The van der Waals surface area contributed by atoms with Gasteiger partial charge < -0.3 is 15.1 Å². The van der Waals surface area contributed by atoms with Gasteiger partial charge in [-0.3, -0.25) is 0 Å². The molecule has 0 spiro atoms. The van der Waals surface area contributed by atoms with E-state index in [4.69, 9.17) is 11.6 Å². The van der Waals surface area contributed by atoms with E-state index in [2.05, 4.69) is 30.7 Å². The van der Waals surface area contributed by atoms with Crippen LogP contribution in [0.1, 0.15) is 67.7 Å². The van der Waals surface area contributed by atoms with Crippen LogP contribution in [-0.2, 0) is 6.42 Å². The van der Waals surface area contributed by atoms with E-state index in [1.165, 1.54) is 19.6 Å². The van der Waals surface area contributed by atoms with Gasteiger partial charge in [-0.05, 0) is 48.8 Å². The van der Waals surface area contributed by atoms with Crippen LogP contribution in [0, 0.1) is 0 Å². The maximum atomic E-state index is 11.8. The highest BCUT2D eigenvalue weighted by atomic mass is 35.5. The predicted molar refractivity (Wildman–Crippen MR) is 132 cm³/mol. The summed E-state index contributed by atoms with van der Waals surface area (Å²) in [7, 11) is 0. The first-order valence-corrected chi connectivity index (χ1v) is 11.5. The Morgan fingerprint density at radius 1 is 1.03 bits per heavy atom. The van der Waals surface area contributed by atoms with Crippen LogP contribution in [0.2, 0.25) is 5.02 Å². The second-order valence-corrected chi connectivity index (χ2v) is 8.34. The molecule has 6 heteroatoms. The molecule has 3 rings (SSSR count). The van der Waals surface area contributed by atoms with E-state index in [1.54, 1.807) is 24.3 Å². The van der Waals surface area contributed by atoms with Gasteiger partial charge in [-0.1, -0.05) is 76.6 Å². The molecular weight excluding hydrogens is 424 g/mol. The molecule has 0 fully saturated rings. The van der Waals surface area contributed by atoms with Crippen molar-refractivity contribution in [1.82, 2.24) is 9.88 Å². The Morgan fingerprint density at radius 3 is 2.09 bits per heavy atom. The molecular formula is C26H33ClN2O3. The van der Waals surface area contributed by atoms with Crippen molar-refractivity contribution in [3.63, 3.8) is 0 Å². The molecule has 2 aromatic carbocycles. The molecule has 5 nitrogen and oxygen atoms in total. The van der Waals surface area contributed by atoms with Crippen LogP contribution in [-0.4, -0.2) is 45.7 Å². The second-order valence-electron chi connectivity index (χ2n) is 7.91. The SMILES string of the molecule is CC(C)c1cccc2c(C(=O)O)c(O)c(Cc3ccc(Cl)cc3)nc12.CCN(CC)CC. The van der Waals surface area contributed by atoms with Gasteiger partial charge in [0.2, 0.25) is 0 Å². The topological polar surface area (TPSA) is 73.7 Å². The number of hydrogen-bond acceptors (Lipinski definition) is 4. The average molecular weight is 457 g/mol. The van der Waals surface area contributed by atoms with Gasteiger partial charge in [0, 0.05) is 16.8 Å². The molecule has 0 radical (unpaired) electrons. The van der Waals surface area contributed by atoms with Gasteiger partial charge in [-0.15, -0.1) is 0 Å². The van der Waals surface area contributed by atoms with Crippen LogP contribution in [0.3, 0.4) is 0 Å². The standard InChI is InChI=1S/C20H18ClNO3.C6H15N/c1-11(2)14-4-3-5-15-17(20(24)25)19(23)16(22-18(14)15)10-12-6-8-13(21)9-7-12;1-4-7(5-2)6-3/h3-9,11,23H,10H2,1-2H3,(H,24,25);4-6H2,1-3H3. The van der Waals surface area contributed by atoms with Crippen molar-refractivity contribution < 1.29 is 15.0 Å². The van der Waals surface area contributed by atoms with Gasteiger partial charge >= 0.3 is 5.97 Å². The van der Waals surface area contributed by atoms with Gasteiger partial charge in [0.05, 0.1) is 11.2 Å². The highest BCUT2D eigenvalue weighted by Crippen LogP contribution is 2.34. The number of nitrogens with zero attached hydrogens (tertiary/aromatic N) is 2. The van der Waals surface area contributed by atoms with Crippen molar-refractivity contribution in [2.45, 2.75) is 47.0 Å². The molecule has 0 unspecified atom stereocenters. The minimum Gasteiger partial charge on any atom is -0.505 e. The molecule has 0 bridgehead atoms. The quantitative estimate of drug-likeness (QED) is 0.433. The fourth-order valence-electron chi connectivity index (χ4n) is 3.62. The number of aromatic hydroxyl groups is 1. The summed E-state index contributed by atoms with van der Waals surface area (Å²) < 4.78 is 0. The number of carbonyl (C=O) groups is 1. The van der Waals surface area contributed by atoms with E-state index in [0.29, 0.717) is 28.0 Å². The smallest absolute Gasteiger partial charge is 0.340 e. The number of halogens is 1. The number of rotatable bonds is 7. The van der Waals surface area contributed by atoms with Crippen LogP contribution >= 0.6 is 11.6 Å². The van der Waals surface area contributed by atoms with E-state index in [1.807, 2.05) is 32.0 Å². The summed E-state index contributed by atoms with van der Waals surface area (Å²) in [6.07, 6.45) is 0.325. The zero-order valence-electron chi connectivity index (χ0n) is 19.5. The van der Waals surface area contributed by atoms with E-state index in [9.17, 15) is 15.0 Å². The van der Waals surface area contributed by atoms with Crippen molar-refractivity contribution in [1.29, 1.82) is 0 Å². The Bertz CT molecular complexity index is 1040. The Hall–Kier alpha value is -2.63. The van der Waals surface area contributed by atoms with Gasteiger partial charge in [-0.25, -0.2) is 9.78 Å². The zero-order valence-corrected chi connectivity index (χ0v) is 20.3. The number of benzene rings is 2. The van der Waals surface area contributed by atoms with Gasteiger partial charge in [0.1, 0.15) is 5.56 Å². The third-order valence-electron chi connectivity index (χ3n) is 5.56. The number of pyridine rings is 1. The van der Waals surface area contributed by atoms with Crippen molar-refractivity contribution in [3.8, 4) is 5.75 Å². The third-order valence-corrected chi connectivity index (χ3v) is 5.81. The maximum absolute atomic E-state index is 11.8. The fraction of sp³-hybridized carbons (Fsp3) is 0.385. The lowest BCUT2D eigenvalue weighted by molar-refractivity contribution is 0.0695. The number of aromatic nitrogens is 1. The summed E-state index contributed by atoms with van der Waals surface area (Å²) in [5, 5.41) is 21.2. The lowest BCUT2D eigenvalue weighted by atomic mass is 9.95. The first-order chi connectivity index (χ1) is 15.2. The molecule has 2 N–H and O–H groups in total. The number of hydrogen-bond donors (Lipinski definition) is 2. The minimum atomic E-state index is -1.16. The Labute approximate surface area is 195 Å². The van der Waals surface area contributed by atoms with Gasteiger partial charge in [-0.2, -0.15) is 0 Å². The summed E-state index contributed by atoms with van der Waals surface area (Å²) >= 11 is 5.90. The fourth-order valence-corrected chi connectivity index (χ4v) is 3.75. The number of carboxylic acids is 1. The Balaban J connectivity index is 0.000000451. The zero-order chi connectivity index (χ0) is 23.8. The highest BCUT2D eigenvalue weighted by Gasteiger charge is 2.22. The predicted octanol–water partition coefficient (Wildman–Crippen LogP) is 6.35. The molecule has 0 atom stereocenters. The van der Waals surface area contributed by atoms with Crippen LogP contribution in [0.15, 0.2) is 42.5 Å². The average Bonchev–Trinajstić information content (AvgIpc) is 2.76. The number of para-hydroxylation sites is 1. The maximum Gasteiger partial charge on any atom is 0.340 e. The van der Waals surface area contributed by atoms with Crippen molar-refractivity contribution in [3.05, 3.63) is 69.9 Å². The lowest BCUT2D eigenvalue weighted by Crippen LogP contribution is -2.21. The largest absolute Gasteiger partial charge is 0.505 e. The van der Waals surface area contributed by atoms with E-state index in [-0.39, 0.29) is 17.2 Å². The van der Waals surface area contributed by atoms with Crippen LogP contribution in [0.25, 0.3) is 10.9 Å². The molecule has 0 amide bonds. The van der Waals surface area contributed by atoms with Gasteiger partial charge in [0.25, 0.3) is 0 Å². The third kappa shape index (κ3) is 6.21.